The molecule has 0 aliphatic rings. The van der Waals surface area contributed by atoms with Crippen LogP contribution in [-0.4, -0.2) is 35.7 Å². The van der Waals surface area contributed by atoms with Crippen LogP contribution in [-0.2, 0) is 9.59 Å². The summed E-state index contributed by atoms with van der Waals surface area (Å²) in [6, 6.07) is 0. The minimum atomic E-state index is -0.319. The molecule has 0 aromatic rings. The molecule has 5 heteroatoms. The average molecular weight is 216 g/mol. The molecule has 0 aliphatic heterocycles. The minimum absolute atomic E-state index is 0.0648. The van der Waals surface area contributed by atoms with E-state index in [9.17, 15) is 9.59 Å². The van der Waals surface area contributed by atoms with Gasteiger partial charge in [-0.3, -0.25) is 14.8 Å². The Hall–Kier alpha value is -1.10. The van der Waals surface area contributed by atoms with Crippen LogP contribution in [0.25, 0.3) is 0 Å². The van der Waals surface area contributed by atoms with Crippen molar-refractivity contribution >= 4 is 12.3 Å². The Morgan fingerprint density at radius 1 is 1.53 bits per heavy atom. The quantitative estimate of drug-likeness (QED) is 0.358. The molecule has 0 rings (SSSR count). The molecule has 0 aliphatic carbocycles. The highest BCUT2D eigenvalue weighted by molar-refractivity contribution is 5.79. The van der Waals surface area contributed by atoms with Crippen LogP contribution in [0, 0.1) is 5.92 Å². The lowest BCUT2D eigenvalue weighted by atomic mass is 10.0. The molecule has 0 heterocycles. The normalized spacial score (nSPS) is 11.9. The van der Waals surface area contributed by atoms with Crippen molar-refractivity contribution in [1.29, 1.82) is 0 Å². The van der Waals surface area contributed by atoms with Crippen LogP contribution in [0.2, 0.25) is 0 Å². The molecule has 5 nitrogen and oxygen atoms in total. The zero-order valence-electron chi connectivity index (χ0n) is 9.40. The van der Waals surface area contributed by atoms with Crippen LogP contribution < -0.4 is 5.32 Å². The maximum absolute atomic E-state index is 11.5. The Labute approximate surface area is 90.4 Å². The molecule has 0 spiro atoms. The number of hydrogen-bond acceptors (Lipinski definition) is 3. The van der Waals surface area contributed by atoms with Gasteiger partial charge in [0, 0.05) is 6.54 Å². The third-order valence-corrected chi connectivity index (χ3v) is 2.16. The lowest BCUT2D eigenvalue weighted by Gasteiger charge is -2.18. The van der Waals surface area contributed by atoms with E-state index in [1.54, 1.807) is 0 Å². The number of nitrogens with one attached hydrogen (secondary N) is 1. The number of unbranched alkanes of at least 4 members (excludes halogenated alkanes) is 1. The van der Waals surface area contributed by atoms with E-state index in [1.165, 1.54) is 0 Å². The van der Waals surface area contributed by atoms with E-state index in [0.717, 1.165) is 12.8 Å². The summed E-state index contributed by atoms with van der Waals surface area (Å²) in [7, 11) is 0. The SMILES string of the molecule is CCCCC(CN(O)C=O)C(=O)NCC. The van der Waals surface area contributed by atoms with Crippen LogP contribution >= 0.6 is 0 Å². The van der Waals surface area contributed by atoms with Gasteiger partial charge in [-0.1, -0.05) is 19.8 Å². The third kappa shape index (κ3) is 6.06. The standard InChI is InChI=1S/C10H20N2O3/c1-3-5-6-9(7-12(15)8-13)10(14)11-4-2/h8-9,15H,3-7H2,1-2H3,(H,11,14). The van der Waals surface area contributed by atoms with Crippen LogP contribution in [0.3, 0.4) is 0 Å². The molecule has 15 heavy (non-hydrogen) atoms. The fraction of sp³-hybridized carbons (Fsp3) is 0.800. The summed E-state index contributed by atoms with van der Waals surface area (Å²) in [5.41, 5.74) is 0. The first kappa shape index (κ1) is 13.9. The summed E-state index contributed by atoms with van der Waals surface area (Å²) in [4.78, 5) is 21.8. The van der Waals surface area contributed by atoms with Crippen molar-refractivity contribution in [3.8, 4) is 0 Å². The lowest BCUT2D eigenvalue weighted by Crippen LogP contribution is -2.37. The molecule has 88 valence electrons. The van der Waals surface area contributed by atoms with Gasteiger partial charge in [-0.05, 0) is 13.3 Å². The number of amides is 2. The van der Waals surface area contributed by atoms with Gasteiger partial charge in [0.15, 0.2) is 0 Å². The Morgan fingerprint density at radius 3 is 2.67 bits per heavy atom. The molecule has 0 radical (unpaired) electrons. The van der Waals surface area contributed by atoms with Gasteiger partial charge in [0.25, 0.3) is 0 Å². The molecule has 1 unspecified atom stereocenters. The number of rotatable bonds is 8. The Bertz CT molecular complexity index is 197. The van der Waals surface area contributed by atoms with Crippen LogP contribution in [0.5, 0.6) is 0 Å². The molecular formula is C10H20N2O3. The van der Waals surface area contributed by atoms with E-state index in [-0.39, 0.29) is 18.4 Å². The predicted octanol–water partition coefficient (Wildman–Crippen LogP) is 0.777. The van der Waals surface area contributed by atoms with E-state index >= 15 is 0 Å². The van der Waals surface area contributed by atoms with Crippen molar-refractivity contribution in [2.75, 3.05) is 13.1 Å². The fourth-order valence-electron chi connectivity index (χ4n) is 1.34. The van der Waals surface area contributed by atoms with Gasteiger partial charge in [0.1, 0.15) is 0 Å². The predicted molar refractivity (Wildman–Crippen MR) is 56.3 cm³/mol. The van der Waals surface area contributed by atoms with Crippen molar-refractivity contribution in [2.24, 2.45) is 5.92 Å². The number of hydrogen-bond donors (Lipinski definition) is 2. The zero-order valence-corrected chi connectivity index (χ0v) is 9.40. The van der Waals surface area contributed by atoms with E-state index in [2.05, 4.69) is 5.32 Å². The van der Waals surface area contributed by atoms with Gasteiger partial charge in [-0.25, -0.2) is 5.06 Å². The fourth-order valence-corrected chi connectivity index (χ4v) is 1.34. The molecule has 0 aromatic heterocycles. The summed E-state index contributed by atoms with van der Waals surface area (Å²) >= 11 is 0. The number of nitrogens with zero attached hydrogens (tertiary/aromatic N) is 1. The Morgan fingerprint density at radius 2 is 2.20 bits per heavy atom. The third-order valence-electron chi connectivity index (χ3n) is 2.16. The van der Waals surface area contributed by atoms with Crippen LogP contribution in [0.15, 0.2) is 0 Å². The van der Waals surface area contributed by atoms with Gasteiger partial charge in [-0.15, -0.1) is 0 Å². The highest BCUT2D eigenvalue weighted by Gasteiger charge is 2.19. The zero-order chi connectivity index (χ0) is 11.7. The highest BCUT2D eigenvalue weighted by atomic mass is 16.5. The van der Waals surface area contributed by atoms with E-state index in [1.807, 2.05) is 13.8 Å². The molecule has 2 amide bonds. The Balaban J connectivity index is 4.15. The molecule has 0 bridgehead atoms. The molecule has 0 saturated heterocycles. The lowest BCUT2D eigenvalue weighted by molar-refractivity contribution is -0.154. The van der Waals surface area contributed by atoms with Crippen molar-refractivity contribution in [2.45, 2.75) is 33.1 Å². The molecule has 0 saturated carbocycles. The van der Waals surface area contributed by atoms with Crippen LogP contribution in [0.1, 0.15) is 33.1 Å². The van der Waals surface area contributed by atoms with Gasteiger partial charge < -0.3 is 5.32 Å². The van der Waals surface area contributed by atoms with E-state index in [0.29, 0.717) is 24.4 Å². The summed E-state index contributed by atoms with van der Waals surface area (Å²) in [5, 5.41) is 12.2. The summed E-state index contributed by atoms with van der Waals surface area (Å²) in [5.74, 6) is -0.424. The smallest absolute Gasteiger partial charge is 0.233 e. The number of hydroxylamine groups is 2. The number of carbonyl (C=O) groups excluding carboxylic acids is 2. The average Bonchev–Trinajstić information content (AvgIpc) is 2.24. The van der Waals surface area contributed by atoms with Gasteiger partial charge in [0.2, 0.25) is 12.3 Å². The summed E-state index contributed by atoms with van der Waals surface area (Å²) in [6.45, 7) is 4.50. The summed E-state index contributed by atoms with van der Waals surface area (Å²) < 4.78 is 0. The largest absolute Gasteiger partial charge is 0.356 e. The molecule has 2 N–H and O–H groups in total. The van der Waals surface area contributed by atoms with Gasteiger partial charge in [-0.2, -0.15) is 0 Å². The van der Waals surface area contributed by atoms with Crippen molar-refractivity contribution < 1.29 is 14.8 Å². The first-order chi connectivity index (χ1) is 7.15. The van der Waals surface area contributed by atoms with Crippen LogP contribution in [0.4, 0.5) is 0 Å². The van der Waals surface area contributed by atoms with E-state index in [4.69, 9.17) is 5.21 Å². The van der Waals surface area contributed by atoms with Crippen molar-refractivity contribution in [3.63, 3.8) is 0 Å². The second kappa shape index (κ2) is 8.23. The molecule has 0 aromatic carbocycles. The summed E-state index contributed by atoms with van der Waals surface area (Å²) in [6.07, 6.45) is 2.91. The monoisotopic (exact) mass is 216 g/mol. The maximum Gasteiger partial charge on any atom is 0.233 e. The molecule has 1 atom stereocenters. The maximum atomic E-state index is 11.5. The second-order valence-corrected chi connectivity index (χ2v) is 3.46. The first-order valence-corrected chi connectivity index (χ1v) is 5.34. The first-order valence-electron chi connectivity index (χ1n) is 5.34. The van der Waals surface area contributed by atoms with Crippen molar-refractivity contribution in [1.82, 2.24) is 10.4 Å². The van der Waals surface area contributed by atoms with E-state index < -0.39 is 0 Å². The van der Waals surface area contributed by atoms with Crippen molar-refractivity contribution in [3.05, 3.63) is 0 Å². The minimum Gasteiger partial charge on any atom is -0.356 e. The molecular weight excluding hydrogens is 196 g/mol. The topological polar surface area (TPSA) is 69.6 Å². The Kier molecular flexibility index (Phi) is 7.62. The number of carbonyl (C=O) groups is 2. The highest BCUT2D eigenvalue weighted by Crippen LogP contribution is 2.09. The van der Waals surface area contributed by atoms with Gasteiger partial charge >= 0.3 is 0 Å². The molecule has 0 fully saturated rings. The second-order valence-electron chi connectivity index (χ2n) is 3.46. The van der Waals surface area contributed by atoms with Gasteiger partial charge in [0.05, 0.1) is 12.5 Å².